The number of nitrogens with one attached hydrogen (secondary N) is 1. The number of ether oxygens (including phenoxy) is 8. The minimum atomic E-state index is -0.739. The van der Waals surface area contributed by atoms with Gasteiger partial charge in [0.15, 0.2) is 0 Å². The number of aliphatic hydroxyl groups excluding tert-OH is 3. The minimum Gasteiger partial charge on any atom is -0.511 e. The van der Waals surface area contributed by atoms with Crippen LogP contribution in [0.4, 0.5) is 0 Å². The summed E-state index contributed by atoms with van der Waals surface area (Å²) in [4.78, 5) is 28.4. The molecule has 0 saturated carbocycles. The van der Waals surface area contributed by atoms with E-state index < -0.39 is 12.2 Å². The van der Waals surface area contributed by atoms with Crippen LogP contribution in [0.2, 0.25) is 0 Å². The second-order valence-electron chi connectivity index (χ2n) is 19.1. The zero-order valence-electron chi connectivity index (χ0n) is 44.1. The van der Waals surface area contributed by atoms with Crippen LogP contribution in [0.3, 0.4) is 0 Å². The first-order valence-corrected chi connectivity index (χ1v) is 26.5. The van der Waals surface area contributed by atoms with Gasteiger partial charge >= 0.3 is 5.97 Å². The van der Waals surface area contributed by atoms with E-state index in [2.05, 4.69) is 39.1 Å². The van der Waals surface area contributed by atoms with Gasteiger partial charge in [0, 0.05) is 52.8 Å². The summed E-state index contributed by atoms with van der Waals surface area (Å²) in [6, 6.07) is 0. The zero-order chi connectivity index (χ0) is 51.4. The van der Waals surface area contributed by atoms with Crippen molar-refractivity contribution in [3.8, 4) is 0 Å². The highest BCUT2D eigenvalue weighted by atomic mass is 16.6. The van der Waals surface area contributed by atoms with Gasteiger partial charge in [0.05, 0.1) is 139 Å². The van der Waals surface area contributed by atoms with Crippen molar-refractivity contribution in [2.75, 3.05) is 99.1 Å². The lowest BCUT2D eigenvalue weighted by Gasteiger charge is -2.17. The normalized spacial score (nSPS) is 20.3. The summed E-state index contributed by atoms with van der Waals surface area (Å²) in [6.07, 6.45) is 13.4. The number of aliphatic hydroxyl groups is 3. The maximum Gasteiger partial charge on any atom is 0.305 e. The fraction of sp³-hybridized carbons (Fsp3) is 0.643. The third-order valence-electron chi connectivity index (χ3n) is 13.9. The van der Waals surface area contributed by atoms with Crippen molar-refractivity contribution in [2.24, 2.45) is 26.8 Å². The summed E-state index contributed by atoms with van der Waals surface area (Å²) >= 11 is 0. The molecule has 16 nitrogen and oxygen atoms in total. The molecule has 0 radical (unpaired) electrons. The second-order valence-corrected chi connectivity index (χ2v) is 19.1. The summed E-state index contributed by atoms with van der Waals surface area (Å²) in [5, 5.41) is 36.1. The maximum atomic E-state index is 13.2. The van der Waals surface area contributed by atoms with Crippen LogP contribution in [0.15, 0.2) is 106 Å². The zero-order valence-corrected chi connectivity index (χ0v) is 44.1. The standard InChI is InChI=1S/C56H82N4O12/c1-8-10-11-12-13-14-41(62)35-71-28-27-69-24-23-67-20-19-65-17-18-66-21-22-68-25-26-70-29-30-72-52(64)16-15-43-37(4)46-32-47-38(5)53(40(7)61)50(58-47)34-45-36(3)42(9-2)49(57-45)33-48-39(6)54-51(63)31-44(55(43)59-46)56(54)60-48/h32-34,37,40-41,43,59,61-63H,8-31,35H2,1-7H3/t37-,40?,41?,43-/m0/s1. The van der Waals surface area contributed by atoms with Crippen LogP contribution >= 0.6 is 0 Å². The monoisotopic (exact) mass is 1000 g/mol. The van der Waals surface area contributed by atoms with Crippen LogP contribution in [0, 0.1) is 11.8 Å². The Kier molecular flexibility index (Phi) is 23.3. The average molecular weight is 1000 g/mol. The van der Waals surface area contributed by atoms with Gasteiger partial charge in [-0.05, 0) is 87.5 Å². The van der Waals surface area contributed by atoms with E-state index in [0.29, 0.717) is 104 Å². The molecule has 4 N–H and O–H groups in total. The molecule has 398 valence electrons. The molecule has 0 spiro atoms. The summed E-state index contributed by atoms with van der Waals surface area (Å²) in [5.41, 5.74) is 12.9. The van der Waals surface area contributed by atoms with E-state index in [1.807, 2.05) is 26.0 Å². The van der Waals surface area contributed by atoms with Crippen LogP contribution < -0.4 is 5.32 Å². The van der Waals surface area contributed by atoms with Gasteiger partial charge in [-0.2, -0.15) is 0 Å². The first-order valence-electron chi connectivity index (χ1n) is 26.5. The Morgan fingerprint density at radius 1 is 0.708 bits per heavy atom. The van der Waals surface area contributed by atoms with E-state index in [1.165, 1.54) is 25.7 Å². The number of hydrogen-bond donors (Lipinski definition) is 4. The number of unbranched alkanes of at least 4 members (excludes halogenated alkanes) is 4. The summed E-state index contributed by atoms with van der Waals surface area (Å²) in [6.45, 7) is 20.4. The van der Waals surface area contributed by atoms with Crippen molar-refractivity contribution in [3.63, 3.8) is 0 Å². The largest absolute Gasteiger partial charge is 0.511 e. The lowest BCUT2D eigenvalue weighted by molar-refractivity contribution is -0.145. The molecule has 16 heteroatoms. The topological polar surface area (TPSA) is 201 Å². The highest BCUT2D eigenvalue weighted by molar-refractivity contribution is 6.21. The molecule has 0 aromatic heterocycles. The summed E-state index contributed by atoms with van der Waals surface area (Å²) in [5.74, 6) is -0.150. The Morgan fingerprint density at radius 2 is 1.28 bits per heavy atom. The first-order chi connectivity index (χ1) is 34.9. The molecule has 5 heterocycles. The third kappa shape index (κ3) is 15.8. The van der Waals surface area contributed by atoms with Gasteiger partial charge in [-0.3, -0.25) is 4.79 Å². The SMILES string of the molecule is CCCCCCCC(O)COCCOCCOCCOCCOCCOCCOCCOC(=O)CC[C@@H]1C2=C3CC(O)=C4C3=NC(=C4C)C=C3N=C(C=C4N=C(C=C(N2)[C@H]1C)C(C)=C4C(C)O)C(C)=C3CC. The molecular weight excluding hydrogens is 921 g/mol. The van der Waals surface area contributed by atoms with Gasteiger partial charge < -0.3 is 58.5 Å². The first kappa shape index (κ1) is 56.9. The number of nitrogens with zero attached hydrogens (tertiary/aromatic N) is 3. The van der Waals surface area contributed by atoms with Crippen molar-refractivity contribution in [2.45, 2.75) is 125 Å². The lowest BCUT2D eigenvalue weighted by atomic mass is 9.86. The fourth-order valence-electron chi connectivity index (χ4n) is 9.82. The van der Waals surface area contributed by atoms with E-state index in [4.69, 9.17) is 52.9 Å². The summed E-state index contributed by atoms with van der Waals surface area (Å²) < 4.78 is 44.5. The predicted octanol–water partition coefficient (Wildman–Crippen LogP) is 8.20. The number of hydrogen-bond acceptors (Lipinski definition) is 16. The van der Waals surface area contributed by atoms with Gasteiger partial charge in [-0.25, -0.2) is 15.0 Å². The molecule has 6 rings (SSSR count). The molecule has 0 aromatic rings. The Balaban J connectivity index is 0.854. The van der Waals surface area contributed by atoms with Crippen molar-refractivity contribution in [3.05, 3.63) is 91.5 Å². The summed E-state index contributed by atoms with van der Waals surface area (Å²) in [7, 11) is 0. The lowest BCUT2D eigenvalue weighted by Crippen LogP contribution is -2.18. The van der Waals surface area contributed by atoms with Crippen molar-refractivity contribution in [1.82, 2.24) is 5.32 Å². The molecular formula is C56H82N4O12. The van der Waals surface area contributed by atoms with Gasteiger partial charge in [-0.1, -0.05) is 52.9 Å². The minimum absolute atomic E-state index is 0.0282. The molecule has 5 aliphatic heterocycles. The molecule has 0 aromatic carbocycles. The number of allylic oxidation sites excluding steroid dienone is 11. The number of carbonyl (C=O) groups excluding carboxylic acids is 1. The average Bonchev–Trinajstić information content (AvgIpc) is 4.12. The second kappa shape index (κ2) is 29.5. The maximum absolute atomic E-state index is 13.2. The van der Waals surface area contributed by atoms with Crippen molar-refractivity contribution < 1.29 is 58.0 Å². The Morgan fingerprint density at radius 3 is 1.88 bits per heavy atom. The fourth-order valence-corrected chi connectivity index (χ4v) is 9.82. The van der Waals surface area contributed by atoms with Crippen LogP contribution in [-0.2, 0) is 42.7 Å². The van der Waals surface area contributed by atoms with Crippen LogP contribution in [-0.4, -0.2) is 150 Å². The van der Waals surface area contributed by atoms with Crippen LogP contribution in [0.1, 0.15) is 113 Å². The molecule has 2 unspecified atom stereocenters. The van der Waals surface area contributed by atoms with E-state index in [9.17, 15) is 20.1 Å². The molecule has 6 aliphatic rings. The molecule has 8 bridgehead atoms. The Bertz CT molecular complexity index is 2240. The molecule has 1 fully saturated rings. The molecule has 1 saturated heterocycles. The highest BCUT2D eigenvalue weighted by Crippen LogP contribution is 2.46. The smallest absolute Gasteiger partial charge is 0.305 e. The van der Waals surface area contributed by atoms with E-state index in [1.54, 1.807) is 6.92 Å². The van der Waals surface area contributed by atoms with Gasteiger partial charge in [0.2, 0.25) is 0 Å². The van der Waals surface area contributed by atoms with E-state index in [0.717, 1.165) is 98.2 Å². The van der Waals surface area contributed by atoms with Crippen molar-refractivity contribution in [1.29, 1.82) is 0 Å². The molecule has 1 aliphatic carbocycles. The Hall–Kier alpha value is -4.36. The van der Waals surface area contributed by atoms with Gasteiger partial charge in [0.1, 0.15) is 12.4 Å². The van der Waals surface area contributed by atoms with Gasteiger partial charge in [-0.15, -0.1) is 0 Å². The number of esters is 1. The van der Waals surface area contributed by atoms with E-state index in [-0.39, 0.29) is 43.2 Å². The Labute approximate surface area is 427 Å². The van der Waals surface area contributed by atoms with E-state index >= 15 is 0 Å². The molecule has 0 amide bonds. The predicted molar refractivity (Wildman–Crippen MR) is 279 cm³/mol. The van der Waals surface area contributed by atoms with Crippen molar-refractivity contribution >= 4 is 23.1 Å². The molecule has 4 atom stereocenters. The molecule has 72 heavy (non-hydrogen) atoms. The highest BCUT2D eigenvalue weighted by Gasteiger charge is 2.41. The number of rotatable bonds is 34. The third-order valence-corrected chi connectivity index (χ3v) is 13.9. The number of fused-ring (bicyclic) bond motifs is 5. The van der Waals surface area contributed by atoms with Crippen LogP contribution in [0.25, 0.3) is 0 Å². The number of aliphatic imine (C=N–C) groups is 3. The number of carbonyl (C=O) groups is 1. The van der Waals surface area contributed by atoms with Gasteiger partial charge in [0.25, 0.3) is 0 Å². The van der Waals surface area contributed by atoms with Crippen LogP contribution in [0.5, 0.6) is 0 Å². The quantitative estimate of drug-likeness (QED) is 0.0356.